The van der Waals surface area contributed by atoms with Crippen LogP contribution in [0.2, 0.25) is 0 Å². The number of benzene rings is 1. The van der Waals surface area contributed by atoms with Crippen molar-refractivity contribution in [3.8, 4) is 0 Å². The maximum atomic E-state index is 4.61. The molecule has 2 heterocycles. The Balaban J connectivity index is 1.63. The van der Waals surface area contributed by atoms with Gasteiger partial charge in [-0.15, -0.1) is 0 Å². The number of aryl methyl sites for hydroxylation is 1. The summed E-state index contributed by atoms with van der Waals surface area (Å²) < 4.78 is 0. The molecule has 0 fully saturated rings. The van der Waals surface area contributed by atoms with Gasteiger partial charge in [-0.3, -0.25) is 4.98 Å². The average molecular weight is 333 g/mol. The highest BCUT2D eigenvalue weighted by Gasteiger charge is 2.05. The predicted octanol–water partition coefficient (Wildman–Crippen LogP) is 3.86. The Morgan fingerprint density at radius 2 is 1.68 bits per heavy atom. The molecule has 0 aliphatic heterocycles. The van der Waals surface area contributed by atoms with E-state index >= 15 is 0 Å². The lowest BCUT2D eigenvalue weighted by molar-refractivity contribution is 0.855. The van der Waals surface area contributed by atoms with E-state index in [2.05, 4.69) is 56.4 Å². The summed E-state index contributed by atoms with van der Waals surface area (Å²) in [5.74, 6) is 1.51. The average Bonchev–Trinajstić information content (AvgIpc) is 2.68. The summed E-state index contributed by atoms with van der Waals surface area (Å²) in [6, 6.07) is 14.4. The van der Waals surface area contributed by atoms with Gasteiger partial charge in [0.05, 0.1) is 0 Å². The Morgan fingerprint density at radius 3 is 2.40 bits per heavy atom. The number of rotatable bonds is 7. The highest BCUT2D eigenvalue weighted by atomic mass is 15.2. The number of hydrogen-bond acceptors (Lipinski definition) is 5. The molecule has 0 saturated carbocycles. The summed E-state index contributed by atoms with van der Waals surface area (Å²) in [4.78, 5) is 15.1. The number of aromatic nitrogens is 3. The monoisotopic (exact) mass is 333 g/mol. The molecule has 0 saturated heterocycles. The van der Waals surface area contributed by atoms with Crippen molar-refractivity contribution in [2.45, 2.75) is 19.8 Å². The maximum absolute atomic E-state index is 4.61. The molecular weight excluding hydrogens is 310 g/mol. The number of nitrogens with one attached hydrogen (secondary N) is 1. The third-order valence-corrected chi connectivity index (χ3v) is 4.14. The summed E-state index contributed by atoms with van der Waals surface area (Å²) in [7, 11) is 2.04. The first-order valence-electron chi connectivity index (χ1n) is 8.53. The SMILES string of the molecule is CCc1ccc(Nc2nccc(N(C)CCc3ccncc3)n2)cc1. The van der Waals surface area contributed by atoms with E-state index < -0.39 is 0 Å². The zero-order chi connectivity index (χ0) is 17.5. The van der Waals surface area contributed by atoms with Gasteiger partial charge >= 0.3 is 0 Å². The highest BCUT2D eigenvalue weighted by Crippen LogP contribution is 2.17. The molecule has 0 spiro atoms. The second-order valence-corrected chi connectivity index (χ2v) is 5.94. The Bertz CT molecular complexity index is 787. The zero-order valence-electron chi connectivity index (χ0n) is 14.7. The van der Waals surface area contributed by atoms with Crippen LogP contribution < -0.4 is 10.2 Å². The molecule has 2 aromatic heterocycles. The van der Waals surface area contributed by atoms with Crippen LogP contribution in [0.5, 0.6) is 0 Å². The molecular formula is C20H23N5. The quantitative estimate of drug-likeness (QED) is 0.711. The summed E-state index contributed by atoms with van der Waals surface area (Å²) in [6.07, 6.45) is 7.42. The van der Waals surface area contributed by atoms with Crippen molar-refractivity contribution in [3.63, 3.8) is 0 Å². The molecule has 0 aliphatic carbocycles. The molecule has 0 bridgehead atoms. The maximum Gasteiger partial charge on any atom is 0.229 e. The normalized spacial score (nSPS) is 10.5. The van der Waals surface area contributed by atoms with Gasteiger partial charge in [0, 0.05) is 37.9 Å². The fraction of sp³-hybridized carbons (Fsp3) is 0.250. The van der Waals surface area contributed by atoms with Crippen LogP contribution in [0, 0.1) is 0 Å². The summed E-state index contributed by atoms with van der Waals surface area (Å²) >= 11 is 0. The fourth-order valence-corrected chi connectivity index (χ4v) is 2.54. The summed E-state index contributed by atoms with van der Waals surface area (Å²) in [6.45, 7) is 3.03. The largest absolute Gasteiger partial charge is 0.359 e. The van der Waals surface area contributed by atoms with E-state index in [-0.39, 0.29) is 0 Å². The summed E-state index contributed by atoms with van der Waals surface area (Å²) in [5.41, 5.74) is 3.58. The van der Waals surface area contributed by atoms with Gasteiger partial charge < -0.3 is 10.2 Å². The minimum absolute atomic E-state index is 0.609. The Labute approximate surface area is 148 Å². The first kappa shape index (κ1) is 16.9. The van der Waals surface area contributed by atoms with Crippen molar-refractivity contribution < 1.29 is 0 Å². The lowest BCUT2D eigenvalue weighted by atomic mass is 10.1. The van der Waals surface area contributed by atoms with Crippen LogP contribution in [0.25, 0.3) is 0 Å². The van der Waals surface area contributed by atoms with E-state index in [9.17, 15) is 0 Å². The second kappa shape index (κ2) is 8.24. The Kier molecular flexibility index (Phi) is 5.57. The van der Waals surface area contributed by atoms with Crippen molar-refractivity contribution in [1.29, 1.82) is 0 Å². The van der Waals surface area contributed by atoms with E-state index in [0.717, 1.165) is 30.9 Å². The Hall–Kier alpha value is -2.95. The molecule has 0 aliphatic rings. The van der Waals surface area contributed by atoms with Gasteiger partial charge in [-0.05, 0) is 54.3 Å². The molecule has 5 heteroatoms. The minimum Gasteiger partial charge on any atom is -0.359 e. The molecule has 25 heavy (non-hydrogen) atoms. The third-order valence-electron chi connectivity index (χ3n) is 4.14. The van der Waals surface area contributed by atoms with Crippen LogP contribution in [0.3, 0.4) is 0 Å². The topological polar surface area (TPSA) is 53.9 Å². The van der Waals surface area contributed by atoms with Gasteiger partial charge in [-0.2, -0.15) is 4.98 Å². The van der Waals surface area contributed by atoms with Gasteiger partial charge in [-0.1, -0.05) is 19.1 Å². The van der Waals surface area contributed by atoms with E-state index in [1.165, 1.54) is 11.1 Å². The van der Waals surface area contributed by atoms with E-state index in [1.54, 1.807) is 6.20 Å². The third kappa shape index (κ3) is 4.76. The predicted molar refractivity (Wildman–Crippen MR) is 102 cm³/mol. The molecule has 1 N–H and O–H groups in total. The van der Waals surface area contributed by atoms with Crippen LogP contribution in [0.4, 0.5) is 17.5 Å². The molecule has 128 valence electrons. The number of anilines is 3. The van der Waals surface area contributed by atoms with Gasteiger partial charge in [-0.25, -0.2) is 4.98 Å². The van der Waals surface area contributed by atoms with Crippen molar-refractivity contribution in [2.75, 3.05) is 23.8 Å². The molecule has 0 amide bonds. The smallest absolute Gasteiger partial charge is 0.229 e. The van der Waals surface area contributed by atoms with Crippen molar-refractivity contribution in [3.05, 3.63) is 72.2 Å². The fourth-order valence-electron chi connectivity index (χ4n) is 2.54. The van der Waals surface area contributed by atoms with Crippen molar-refractivity contribution in [1.82, 2.24) is 15.0 Å². The van der Waals surface area contributed by atoms with E-state index in [4.69, 9.17) is 0 Å². The number of nitrogens with zero attached hydrogens (tertiary/aromatic N) is 4. The van der Waals surface area contributed by atoms with Crippen LogP contribution in [0.1, 0.15) is 18.1 Å². The first-order chi connectivity index (χ1) is 12.2. The number of pyridine rings is 1. The highest BCUT2D eigenvalue weighted by molar-refractivity contribution is 5.55. The van der Waals surface area contributed by atoms with Gasteiger partial charge in [0.2, 0.25) is 5.95 Å². The number of likely N-dealkylation sites (N-methyl/N-ethyl adjacent to an activating group) is 1. The van der Waals surface area contributed by atoms with E-state index in [1.807, 2.05) is 37.6 Å². The van der Waals surface area contributed by atoms with Gasteiger partial charge in [0.1, 0.15) is 5.82 Å². The van der Waals surface area contributed by atoms with Crippen LogP contribution in [-0.4, -0.2) is 28.5 Å². The molecule has 5 nitrogen and oxygen atoms in total. The zero-order valence-corrected chi connectivity index (χ0v) is 14.7. The Morgan fingerprint density at radius 1 is 0.920 bits per heavy atom. The second-order valence-electron chi connectivity index (χ2n) is 5.94. The lowest BCUT2D eigenvalue weighted by Gasteiger charge is -2.18. The molecule has 0 radical (unpaired) electrons. The lowest BCUT2D eigenvalue weighted by Crippen LogP contribution is -2.21. The van der Waals surface area contributed by atoms with Gasteiger partial charge in [0.25, 0.3) is 0 Å². The summed E-state index contributed by atoms with van der Waals surface area (Å²) in [5, 5.41) is 3.27. The molecule has 3 aromatic rings. The van der Waals surface area contributed by atoms with E-state index in [0.29, 0.717) is 5.95 Å². The van der Waals surface area contributed by atoms with Crippen molar-refractivity contribution >= 4 is 17.5 Å². The standard InChI is InChI=1S/C20H23N5/c1-3-16-4-6-18(7-5-16)23-20-22-14-10-19(24-20)25(2)15-11-17-8-12-21-13-9-17/h4-10,12-14H,3,11,15H2,1-2H3,(H,22,23,24). The number of hydrogen-bond donors (Lipinski definition) is 1. The van der Waals surface area contributed by atoms with Crippen molar-refractivity contribution in [2.24, 2.45) is 0 Å². The molecule has 0 unspecified atom stereocenters. The minimum atomic E-state index is 0.609. The first-order valence-corrected chi connectivity index (χ1v) is 8.53. The molecule has 1 aromatic carbocycles. The van der Waals surface area contributed by atoms with Crippen LogP contribution in [0.15, 0.2) is 61.1 Å². The molecule has 3 rings (SSSR count). The van der Waals surface area contributed by atoms with Gasteiger partial charge in [0.15, 0.2) is 0 Å². The molecule has 0 atom stereocenters. The van der Waals surface area contributed by atoms with Crippen LogP contribution in [-0.2, 0) is 12.8 Å². The van der Waals surface area contributed by atoms with Crippen LogP contribution >= 0.6 is 0 Å².